The molecular weight excluding hydrogens is 220 g/mol. The van der Waals surface area contributed by atoms with Crippen molar-refractivity contribution in [2.75, 3.05) is 6.54 Å². The van der Waals surface area contributed by atoms with Gasteiger partial charge in [0.15, 0.2) is 0 Å². The van der Waals surface area contributed by atoms with Crippen molar-refractivity contribution < 1.29 is 8.78 Å². The fraction of sp³-hybridized carbons (Fsp3) is 0.455. The van der Waals surface area contributed by atoms with E-state index >= 15 is 0 Å². The van der Waals surface area contributed by atoms with Crippen LogP contribution in [0.3, 0.4) is 0 Å². The maximum absolute atomic E-state index is 12.9. The van der Waals surface area contributed by atoms with Crippen LogP contribution in [0.1, 0.15) is 18.1 Å². The summed E-state index contributed by atoms with van der Waals surface area (Å²) in [4.78, 5) is 0. The lowest BCUT2D eigenvalue weighted by atomic mass is 10.0. The lowest BCUT2D eigenvalue weighted by molar-refractivity contribution is 0.0174. The lowest BCUT2D eigenvalue weighted by Gasteiger charge is -2.11. The molecule has 0 bridgehead atoms. The molecule has 1 atom stereocenters. The first-order valence-electron chi connectivity index (χ1n) is 4.75. The third kappa shape index (κ3) is 3.76. The Kier molecular flexibility index (Phi) is 4.05. The van der Waals surface area contributed by atoms with Gasteiger partial charge in [0.25, 0.3) is 5.92 Å². The molecule has 0 heterocycles. The summed E-state index contributed by atoms with van der Waals surface area (Å²) in [5.41, 5.74) is 6.31. The molecule has 0 amide bonds. The number of alkyl halides is 3. The van der Waals surface area contributed by atoms with E-state index in [4.69, 9.17) is 17.3 Å². The van der Waals surface area contributed by atoms with Gasteiger partial charge in [0.1, 0.15) is 0 Å². The molecule has 4 heteroatoms. The van der Waals surface area contributed by atoms with Crippen LogP contribution in [0.25, 0.3) is 0 Å². The maximum Gasteiger partial charge on any atom is 0.270 e. The van der Waals surface area contributed by atoms with Crippen LogP contribution < -0.4 is 5.73 Å². The molecule has 0 saturated carbocycles. The summed E-state index contributed by atoms with van der Waals surface area (Å²) in [7, 11) is 0. The highest BCUT2D eigenvalue weighted by Gasteiger charge is 2.23. The molecule has 84 valence electrons. The summed E-state index contributed by atoms with van der Waals surface area (Å²) in [6.45, 7) is 1.26. The van der Waals surface area contributed by atoms with Crippen molar-refractivity contribution >= 4 is 11.6 Å². The van der Waals surface area contributed by atoms with E-state index in [1.54, 1.807) is 12.1 Å². The minimum absolute atomic E-state index is 0.0186. The molecule has 0 fully saturated rings. The van der Waals surface area contributed by atoms with Crippen LogP contribution in [-0.4, -0.2) is 11.9 Å². The number of rotatable bonds is 4. The zero-order chi connectivity index (χ0) is 11.5. The third-order valence-electron chi connectivity index (χ3n) is 2.17. The van der Waals surface area contributed by atoms with Crippen molar-refractivity contribution in [3.8, 4) is 0 Å². The van der Waals surface area contributed by atoms with E-state index in [1.165, 1.54) is 12.1 Å². The van der Waals surface area contributed by atoms with Gasteiger partial charge in [0.2, 0.25) is 0 Å². The third-order valence-corrected chi connectivity index (χ3v) is 2.51. The van der Waals surface area contributed by atoms with Crippen LogP contribution in [0.15, 0.2) is 24.3 Å². The Labute approximate surface area is 93.2 Å². The average molecular weight is 234 g/mol. The van der Waals surface area contributed by atoms with Gasteiger partial charge in [-0.05, 0) is 12.0 Å². The molecule has 0 aliphatic carbocycles. The highest BCUT2D eigenvalue weighted by Crippen LogP contribution is 2.27. The zero-order valence-corrected chi connectivity index (χ0v) is 9.27. The number of hydrogen-bond donors (Lipinski definition) is 1. The summed E-state index contributed by atoms with van der Waals surface area (Å²) >= 11 is 5.86. The molecule has 0 aliphatic heterocycles. The van der Waals surface area contributed by atoms with Crippen molar-refractivity contribution in [3.63, 3.8) is 0 Å². The number of benzene rings is 1. The first-order chi connectivity index (χ1) is 6.93. The highest BCUT2D eigenvalue weighted by atomic mass is 35.5. The molecule has 0 radical (unpaired) electrons. The summed E-state index contributed by atoms with van der Waals surface area (Å²) in [5, 5.41) is -0.141. The van der Waals surface area contributed by atoms with Crippen LogP contribution in [0, 0.1) is 0 Å². The quantitative estimate of drug-likeness (QED) is 0.796. The van der Waals surface area contributed by atoms with E-state index in [0.717, 1.165) is 12.5 Å². The van der Waals surface area contributed by atoms with E-state index in [-0.39, 0.29) is 10.9 Å². The molecule has 0 aliphatic rings. The Morgan fingerprint density at radius 3 is 2.27 bits per heavy atom. The number of hydrogen-bond acceptors (Lipinski definition) is 1. The Morgan fingerprint density at radius 1 is 1.33 bits per heavy atom. The predicted octanol–water partition coefficient (Wildman–Crippen LogP) is 2.91. The fourth-order valence-corrected chi connectivity index (χ4v) is 1.45. The smallest absolute Gasteiger partial charge is 0.270 e. The summed E-state index contributed by atoms with van der Waals surface area (Å²) in [6.07, 6.45) is 0.605. The van der Waals surface area contributed by atoms with Crippen molar-refractivity contribution in [2.45, 2.75) is 24.6 Å². The summed E-state index contributed by atoms with van der Waals surface area (Å²) in [6, 6.07) is 6.18. The standard InChI is InChI=1S/C11H14ClF2N/c1-11(13,14)9-4-2-8(3-5-9)6-10(12)7-15/h2-5,10H,6-7,15H2,1H3. The monoisotopic (exact) mass is 233 g/mol. The minimum atomic E-state index is -2.78. The molecule has 1 unspecified atom stereocenters. The van der Waals surface area contributed by atoms with Gasteiger partial charge in [0.05, 0.1) is 0 Å². The average Bonchev–Trinajstić information content (AvgIpc) is 2.17. The van der Waals surface area contributed by atoms with Gasteiger partial charge < -0.3 is 5.73 Å². The predicted molar refractivity (Wildman–Crippen MR) is 58.4 cm³/mol. The number of nitrogens with two attached hydrogens (primary N) is 1. The lowest BCUT2D eigenvalue weighted by Crippen LogP contribution is -2.16. The Hall–Kier alpha value is -0.670. The minimum Gasteiger partial charge on any atom is -0.329 e. The van der Waals surface area contributed by atoms with Crippen LogP contribution in [0.2, 0.25) is 0 Å². The second kappa shape index (κ2) is 4.90. The van der Waals surface area contributed by atoms with E-state index < -0.39 is 5.92 Å². The largest absolute Gasteiger partial charge is 0.329 e. The molecule has 0 saturated heterocycles. The van der Waals surface area contributed by atoms with Crippen molar-refractivity contribution in [1.82, 2.24) is 0 Å². The van der Waals surface area contributed by atoms with Crippen LogP contribution >= 0.6 is 11.6 Å². The molecule has 1 aromatic rings. The van der Waals surface area contributed by atoms with E-state index in [0.29, 0.717) is 13.0 Å². The van der Waals surface area contributed by atoms with E-state index in [1.807, 2.05) is 0 Å². The van der Waals surface area contributed by atoms with Gasteiger partial charge in [0, 0.05) is 24.4 Å². The summed E-state index contributed by atoms with van der Waals surface area (Å²) < 4.78 is 25.7. The molecule has 1 nitrogen and oxygen atoms in total. The van der Waals surface area contributed by atoms with Crippen molar-refractivity contribution in [1.29, 1.82) is 0 Å². The maximum atomic E-state index is 12.9. The van der Waals surface area contributed by atoms with Crippen molar-refractivity contribution in [2.24, 2.45) is 5.73 Å². The van der Waals surface area contributed by atoms with Crippen LogP contribution in [-0.2, 0) is 12.3 Å². The Bertz CT molecular complexity index is 305. The zero-order valence-electron chi connectivity index (χ0n) is 8.51. The van der Waals surface area contributed by atoms with Gasteiger partial charge in [-0.3, -0.25) is 0 Å². The normalized spacial score (nSPS) is 13.9. The molecule has 15 heavy (non-hydrogen) atoms. The highest BCUT2D eigenvalue weighted by molar-refractivity contribution is 6.20. The first kappa shape index (κ1) is 12.4. The Balaban J connectivity index is 2.73. The molecule has 1 aromatic carbocycles. The second-order valence-electron chi connectivity index (χ2n) is 3.62. The van der Waals surface area contributed by atoms with Crippen LogP contribution in [0.4, 0.5) is 8.78 Å². The van der Waals surface area contributed by atoms with Gasteiger partial charge in [-0.1, -0.05) is 24.3 Å². The topological polar surface area (TPSA) is 26.0 Å². The second-order valence-corrected chi connectivity index (χ2v) is 4.24. The van der Waals surface area contributed by atoms with Gasteiger partial charge in [-0.2, -0.15) is 0 Å². The fourth-order valence-electron chi connectivity index (χ4n) is 1.27. The summed E-state index contributed by atoms with van der Waals surface area (Å²) in [5.74, 6) is -2.78. The van der Waals surface area contributed by atoms with Gasteiger partial charge in [-0.15, -0.1) is 11.6 Å². The Morgan fingerprint density at radius 2 is 1.87 bits per heavy atom. The first-order valence-corrected chi connectivity index (χ1v) is 5.18. The molecule has 0 aromatic heterocycles. The van der Waals surface area contributed by atoms with Crippen molar-refractivity contribution in [3.05, 3.63) is 35.4 Å². The van der Waals surface area contributed by atoms with E-state index in [2.05, 4.69) is 0 Å². The molecule has 1 rings (SSSR count). The molecular formula is C11H14ClF2N. The van der Waals surface area contributed by atoms with Gasteiger partial charge >= 0.3 is 0 Å². The van der Waals surface area contributed by atoms with Crippen LogP contribution in [0.5, 0.6) is 0 Å². The molecule has 0 spiro atoms. The molecule has 2 N–H and O–H groups in total. The number of halogens is 3. The van der Waals surface area contributed by atoms with E-state index in [9.17, 15) is 8.78 Å². The van der Waals surface area contributed by atoms with Gasteiger partial charge in [-0.25, -0.2) is 8.78 Å². The SMILES string of the molecule is CC(F)(F)c1ccc(CC(Cl)CN)cc1.